The van der Waals surface area contributed by atoms with E-state index in [0.29, 0.717) is 36.4 Å². The molecule has 1 aliphatic heterocycles. The molecule has 0 spiro atoms. The normalized spacial score (nSPS) is 15.6. The number of aromatic nitrogens is 1. The second-order valence-electron chi connectivity index (χ2n) is 6.12. The quantitative estimate of drug-likeness (QED) is 0.752. The third-order valence-corrected chi connectivity index (χ3v) is 6.24. The van der Waals surface area contributed by atoms with Crippen molar-refractivity contribution in [1.82, 2.24) is 9.29 Å². The van der Waals surface area contributed by atoms with E-state index in [2.05, 4.69) is 4.98 Å². The van der Waals surface area contributed by atoms with Crippen LogP contribution in [0.2, 0.25) is 0 Å². The van der Waals surface area contributed by atoms with Crippen LogP contribution in [0, 0.1) is 0 Å². The van der Waals surface area contributed by atoms with E-state index in [4.69, 9.17) is 4.74 Å². The van der Waals surface area contributed by atoms with Crippen LogP contribution < -0.4 is 0 Å². The third kappa shape index (κ3) is 3.78. The highest BCUT2D eigenvalue weighted by atomic mass is 32.2. The summed E-state index contributed by atoms with van der Waals surface area (Å²) in [6.07, 6.45) is 4.29. The molecule has 0 amide bonds. The summed E-state index contributed by atoms with van der Waals surface area (Å²) in [5.74, 6) is -0.397. The van der Waals surface area contributed by atoms with Crippen molar-refractivity contribution in [3.05, 3.63) is 48.2 Å². The van der Waals surface area contributed by atoms with Gasteiger partial charge in [-0.15, -0.1) is 0 Å². The number of esters is 1. The van der Waals surface area contributed by atoms with E-state index in [1.165, 1.54) is 10.5 Å². The highest BCUT2D eigenvalue weighted by molar-refractivity contribution is 7.89. The summed E-state index contributed by atoms with van der Waals surface area (Å²) in [4.78, 5) is 16.0. The summed E-state index contributed by atoms with van der Waals surface area (Å²) in [6.45, 7) is 3.11. The molecule has 138 valence electrons. The van der Waals surface area contributed by atoms with Gasteiger partial charge in [0, 0.05) is 24.8 Å². The van der Waals surface area contributed by atoms with Crippen LogP contribution in [0.5, 0.6) is 0 Å². The molecule has 7 heteroatoms. The van der Waals surface area contributed by atoms with Gasteiger partial charge in [0.15, 0.2) is 5.03 Å². The highest BCUT2D eigenvalue weighted by Crippen LogP contribution is 2.29. The maximum absolute atomic E-state index is 13.0. The molecule has 0 saturated carbocycles. The Kier molecular flexibility index (Phi) is 5.68. The number of hydrogen-bond acceptors (Lipinski definition) is 5. The van der Waals surface area contributed by atoms with Crippen LogP contribution in [0.15, 0.2) is 47.6 Å². The molecule has 26 heavy (non-hydrogen) atoms. The van der Waals surface area contributed by atoms with Gasteiger partial charge >= 0.3 is 5.97 Å². The monoisotopic (exact) mass is 374 g/mol. The maximum atomic E-state index is 13.0. The van der Waals surface area contributed by atoms with Crippen LogP contribution in [-0.2, 0) is 14.8 Å². The van der Waals surface area contributed by atoms with Crippen LogP contribution in [-0.4, -0.2) is 43.4 Å². The van der Waals surface area contributed by atoms with Gasteiger partial charge in [-0.3, -0.25) is 0 Å². The Morgan fingerprint density at radius 2 is 1.81 bits per heavy atom. The van der Waals surface area contributed by atoms with Crippen molar-refractivity contribution in [1.29, 1.82) is 0 Å². The fourth-order valence-electron chi connectivity index (χ4n) is 3.04. The molecule has 2 heterocycles. The Morgan fingerprint density at radius 3 is 2.46 bits per heavy atom. The molecule has 6 nitrogen and oxygen atoms in total. The first-order valence-corrected chi connectivity index (χ1v) is 10.2. The molecule has 0 radical (unpaired) electrons. The average molecular weight is 374 g/mol. The first-order valence-electron chi connectivity index (χ1n) is 8.77. The van der Waals surface area contributed by atoms with E-state index < -0.39 is 16.0 Å². The first kappa shape index (κ1) is 18.5. The smallest absolute Gasteiger partial charge is 0.338 e. The van der Waals surface area contributed by atoms with E-state index >= 15 is 0 Å². The molecule has 0 unspecified atom stereocenters. The SMILES string of the molecule is CCOC(=O)c1ccc(-c2cccnc2S(=O)(=O)N2CCCCC2)cc1. The predicted molar refractivity (Wildman–Crippen MR) is 98.2 cm³/mol. The lowest BCUT2D eigenvalue weighted by Crippen LogP contribution is -2.36. The summed E-state index contributed by atoms with van der Waals surface area (Å²) < 4.78 is 32.5. The molecule has 2 aromatic rings. The van der Waals surface area contributed by atoms with Gasteiger partial charge < -0.3 is 4.74 Å². The lowest BCUT2D eigenvalue weighted by atomic mass is 10.1. The van der Waals surface area contributed by atoms with E-state index in [0.717, 1.165) is 19.3 Å². The molecule has 1 saturated heterocycles. The molecule has 0 atom stereocenters. The fraction of sp³-hybridized carbons (Fsp3) is 0.368. The van der Waals surface area contributed by atoms with Gasteiger partial charge in [0.2, 0.25) is 0 Å². The van der Waals surface area contributed by atoms with Gasteiger partial charge in [0.25, 0.3) is 10.0 Å². The minimum absolute atomic E-state index is 0.0609. The number of piperidine rings is 1. The number of pyridine rings is 1. The van der Waals surface area contributed by atoms with Crippen molar-refractivity contribution in [2.24, 2.45) is 0 Å². The number of benzene rings is 1. The van der Waals surface area contributed by atoms with Crippen molar-refractivity contribution in [3.63, 3.8) is 0 Å². The molecule has 1 aromatic carbocycles. The van der Waals surface area contributed by atoms with Crippen LogP contribution >= 0.6 is 0 Å². The Labute approximate surface area is 153 Å². The average Bonchev–Trinajstić information content (AvgIpc) is 2.69. The number of nitrogens with zero attached hydrogens (tertiary/aromatic N) is 2. The third-order valence-electron chi connectivity index (χ3n) is 4.38. The van der Waals surface area contributed by atoms with Gasteiger partial charge in [-0.05, 0) is 49.6 Å². The maximum Gasteiger partial charge on any atom is 0.338 e. The van der Waals surface area contributed by atoms with Crippen molar-refractivity contribution < 1.29 is 17.9 Å². The van der Waals surface area contributed by atoms with Crippen LogP contribution in [0.1, 0.15) is 36.5 Å². The van der Waals surface area contributed by atoms with Crippen molar-refractivity contribution in [2.75, 3.05) is 19.7 Å². The second-order valence-corrected chi connectivity index (χ2v) is 7.97. The molecule has 0 N–H and O–H groups in total. The van der Waals surface area contributed by atoms with Crippen LogP contribution in [0.25, 0.3) is 11.1 Å². The van der Waals surface area contributed by atoms with E-state index in [1.54, 1.807) is 43.3 Å². The number of hydrogen-bond donors (Lipinski definition) is 0. The fourth-order valence-corrected chi connectivity index (χ4v) is 4.69. The Balaban J connectivity index is 1.96. The van der Waals surface area contributed by atoms with E-state index in [1.807, 2.05) is 0 Å². The van der Waals surface area contributed by atoms with E-state index in [-0.39, 0.29) is 5.03 Å². The Morgan fingerprint density at radius 1 is 1.12 bits per heavy atom. The summed E-state index contributed by atoms with van der Waals surface area (Å²) >= 11 is 0. The number of carbonyl (C=O) groups is 1. The molecule has 1 fully saturated rings. The van der Waals surface area contributed by atoms with Crippen molar-refractivity contribution in [2.45, 2.75) is 31.2 Å². The van der Waals surface area contributed by atoms with Gasteiger partial charge in [0.1, 0.15) is 0 Å². The van der Waals surface area contributed by atoms with Gasteiger partial charge in [0.05, 0.1) is 12.2 Å². The number of rotatable bonds is 5. The zero-order valence-electron chi connectivity index (χ0n) is 14.7. The Hall–Kier alpha value is -2.25. The van der Waals surface area contributed by atoms with Crippen molar-refractivity contribution in [3.8, 4) is 11.1 Å². The molecule has 3 rings (SSSR count). The summed E-state index contributed by atoms with van der Waals surface area (Å²) in [5, 5.41) is 0.0609. The zero-order chi connectivity index (χ0) is 18.6. The number of sulfonamides is 1. The molecular weight excluding hydrogens is 352 g/mol. The molecule has 1 aliphatic rings. The predicted octanol–water partition coefficient (Wildman–Crippen LogP) is 3.10. The lowest BCUT2D eigenvalue weighted by molar-refractivity contribution is 0.0526. The largest absolute Gasteiger partial charge is 0.462 e. The van der Waals surface area contributed by atoms with Gasteiger partial charge in [-0.25, -0.2) is 18.2 Å². The molecule has 0 aliphatic carbocycles. The van der Waals surface area contributed by atoms with E-state index in [9.17, 15) is 13.2 Å². The van der Waals surface area contributed by atoms with Crippen LogP contribution in [0.3, 0.4) is 0 Å². The summed E-state index contributed by atoms with van der Waals surface area (Å²) in [5.41, 5.74) is 1.66. The highest BCUT2D eigenvalue weighted by Gasteiger charge is 2.29. The number of ether oxygens (including phenoxy) is 1. The minimum Gasteiger partial charge on any atom is -0.462 e. The van der Waals surface area contributed by atoms with Crippen molar-refractivity contribution >= 4 is 16.0 Å². The first-order chi connectivity index (χ1) is 12.5. The lowest BCUT2D eigenvalue weighted by Gasteiger charge is -2.26. The molecular formula is C19H22N2O4S. The topological polar surface area (TPSA) is 76.6 Å². The second kappa shape index (κ2) is 7.97. The van der Waals surface area contributed by atoms with Crippen LogP contribution in [0.4, 0.5) is 0 Å². The standard InChI is InChI=1S/C19H22N2O4S/c1-2-25-19(22)16-10-8-15(9-11-16)17-7-6-12-20-18(17)26(23,24)21-13-4-3-5-14-21/h6-12H,2-5,13-14H2,1H3. The van der Waals surface area contributed by atoms with Gasteiger partial charge in [-0.1, -0.05) is 18.6 Å². The summed E-state index contributed by atoms with van der Waals surface area (Å²) in [6, 6.07) is 10.2. The molecule has 1 aromatic heterocycles. The Bertz CT molecular complexity index is 873. The minimum atomic E-state index is -3.65. The molecule has 0 bridgehead atoms. The number of carbonyl (C=O) groups excluding carboxylic acids is 1. The zero-order valence-corrected chi connectivity index (χ0v) is 15.5. The summed E-state index contributed by atoms with van der Waals surface area (Å²) in [7, 11) is -3.65. The van der Waals surface area contributed by atoms with Gasteiger partial charge in [-0.2, -0.15) is 4.31 Å².